The number of amides is 1. The summed E-state index contributed by atoms with van der Waals surface area (Å²) in [5.41, 5.74) is 1.54. The van der Waals surface area contributed by atoms with E-state index in [9.17, 15) is 14.4 Å². The molecule has 1 N–H and O–H groups in total. The molecule has 1 amide bonds. The molecular formula is C22H20N2O7S. The van der Waals surface area contributed by atoms with Crippen molar-refractivity contribution in [3.05, 3.63) is 58.5 Å². The average Bonchev–Trinajstić information content (AvgIpc) is 3.05. The summed E-state index contributed by atoms with van der Waals surface area (Å²) in [7, 11) is 4.36. The molecule has 1 fully saturated rings. The van der Waals surface area contributed by atoms with E-state index < -0.39 is 18.5 Å². The summed E-state index contributed by atoms with van der Waals surface area (Å²) in [6, 6.07) is 11.5. The van der Waals surface area contributed by atoms with Crippen molar-refractivity contribution in [2.75, 3.05) is 27.9 Å². The molecule has 0 radical (unpaired) electrons. The fourth-order valence-electron chi connectivity index (χ4n) is 2.77. The Balaban J connectivity index is 1.85. The predicted molar refractivity (Wildman–Crippen MR) is 119 cm³/mol. The van der Waals surface area contributed by atoms with E-state index in [1.807, 2.05) is 0 Å². The number of carbonyl (C=O) groups excluding carboxylic acids is 2. The number of carbonyl (C=O) groups is 3. The van der Waals surface area contributed by atoms with Crippen LogP contribution in [0.15, 0.2) is 52.4 Å². The highest BCUT2D eigenvalue weighted by molar-refractivity contribution is 8.18. The maximum absolute atomic E-state index is 12.7. The summed E-state index contributed by atoms with van der Waals surface area (Å²) < 4.78 is 15.2. The number of aliphatic carboxylic acids is 1. The molecule has 0 spiro atoms. The van der Waals surface area contributed by atoms with E-state index in [1.54, 1.807) is 55.6 Å². The molecule has 0 saturated carbocycles. The predicted octanol–water partition coefficient (Wildman–Crippen LogP) is 3.18. The van der Waals surface area contributed by atoms with Crippen LogP contribution in [0.2, 0.25) is 0 Å². The van der Waals surface area contributed by atoms with Gasteiger partial charge in [-0.3, -0.25) is 9.69 Å². The first-order valence-corrected chi connectivity index (χ1v) is 10.1. The van der Waals surface area contributed by atoms with Crippen LogP contribution in [0.5, 0.6) is 11.5 Å². The molecule has 0 bridgehead atoms. The SMILES string of the molecule is COC(=O)c1cccc(N=C2SC(=Cc3ccc(OCC(=O)O)c(OC)c3)C(=O)N2C)c1. The molecule has 32 heavy (non-hydrogen) atoms. The molecule has 1 aliphatic rings. The van der Waals surface area contributed by atoms with Crippen molar-refractivity contribution < 1.29 is 33.7 Å². The molecule has 9 nitrogen and oxygen atoms in total. The van der Waals surface area contributed by atoms with E-state index in [1.165, 1.54) is 30.9 Å². The van der Waals surface area contributed by atoms with Crippen LogP contribution in [0.3, 0.4) is 0 Å². The molecule has 0 aliphatic carbocycles. The van der Waals surface area contributed by atoms with Crippen molar-refractivity contribution in [2.24, 2.45) is 4.99 Å². The molecule has 1 aliphatic heterocycles. The van der Waals surface area contributed by atoms with Crippen LogP contribution in [-0.2, 0) is 14.3 Å². The lowest BCUT2D eigenvalue weighted by molar-refractivity contribution is -0.139. The van der Waals surface area contributed by atoms with E-state index in [0.29, 0.717) is 32.6 Å². The molecule has 3 rings (SSSR count). The van der Waals surface area contributed by atoms with Gasteiger partial charge in [-0.05, 0) is 53.7 Å². The number of nitrogens with zero attached hydrogens (tertiary/aromatic N) is 2. The quantitative estimate of drug-likeness (QED) is 0.499. The fourth-order valence-corrected chi connectivity index (χ4v) is 3.75. The molecule has 0 atom stereocenters. The maximum Gasteiger partial charge on any atom is 0.341 e. The van der Waals surface area contributed by atoms with Gasteiger partial charge in [-0.25, -0.2) is 14.6 Å². The van der Waals surface area contributed by atoms with Crippen molar-refractivity contribution in [2.45, 2.75) is 0 Å². The first-order chi connectivity index (χ1) is 15.3. The largest absolute Gasteiger partial charge is 0.493 e. The number of carboxylic acid groups (broad SMARTS) is 1. The Hall–Kier alpha value is -3.79. The minimum atomic E-state index is -1.10. The number of methoxy groups -OCH3 is 2. The third-order valence-electron chi connectivity index (χ3n) is 4.33. The Morgan fingerprint density at radius 1 is 1.16 bits per heavy atom. The van der Waals surface area contributed by atoms with Crippen molar-refractivity contribution in [3.63, 3.8) is 0 Å². The summed E-state index contributed by atoms with van der Waals surface area (Å²) in [5, 5.41) is 9.22. The maximum atomic E-state index is 12.7. The van der Waals surface area contributed by atoms with E-state index in [-0.39, 0.29) is 11.7 Å². The van der Waals surface area contributed by atoms with E-state index in [4.69, 9.17) is 19.3 Å². The minimum absolute atomic E-state index is 0.233. The highest BCUT2D eigenvalue weighted by Gasteiger charge is 2.30. The van der Waals surface area contributed by atoms with Gasteiger partial charge in [0.25, 0.3) is 5.91 Å². The van der Waals surface area contributed by atoms with Crippen LogP contribution >= 0.6 is 11.8 Å². The van der Waals surface area contributed by atoms with Gasteiger partial charge in [-0.15, -0.1) is 0 Å². The molecule has 2 aromatic carbocycles. The Kier molecular flexibility index (Phi) is 7.16. The number of amidine groups is 1. The summed E-state index contributed by atoms with van der Waals surface area (Å²) in [6.45, 7) is -0.493. The second-order valence-corrected chi connectivity index (χ2v) is 7.51. The first-order valence-electron chi connectivity index (χ1n) is 9.29. The lowest BCUT2D eigenvalue weighted by Gasteiger charge is -2.10. The highest BCUT2D eigenvalue weighted by atomic mass is 32.2. The number of hydrogen-bond donors (Lipinski definition) is 1. The topological polar surface area (TPSA) is 115 Å². The minimum Gasteiger partial charge on any atom is -0.493 e. The van der Waals surface area contributed by atoms with E-state index >= 15 is 0 Å². The van der Waals surface area contributed by atoms with Crippen LogP contribution in [0.25, 0.3) is 6.08 Å². The van der Waals surface area contributed by atoms with Gasteiger partial charge in [-0.2, -0.15) is 0 Å². The molecule has 0 aromatic heterocycles. The summed E-state index contributed by atoms with van der Waals surface area (Å²) >= 11 is 1.19. The first kappa shape index (κ1) is 22.9. The van der Waals surface area contributed by atoms with Crippen molar-refractivity contribution in [1.82, 2.24) is 4.90 Å². The number of thioether (sulfide) groups is 1. The Labute approximate surface area is 188 Å². The van der Waals surface area contributed by atoms with Crippen molar-refractivity contribution in [3.8, 4) is 11.5 Å². The number of hydrogen-bond acceptors (Lipinski definition) is 8. The molecule has 10 heteroatoms. The number of benzene rings is 2. The normalized spacial score (nSPS) is 15.8. The summed E-state index contributed by atoms with van der Waals surface area (Å²) in [5.74, 6) is -1.17. The van der Waals surface area contributed by atoms with Gasteiger partial charge in [0.15, 0.2) is 23.3 Å². The Morgan fingerprint density at radius 3 is 2.62 bits per heavy atom. The average molecular weight is 456 g/mol. The summed E-state index contributed by atoms with van der Waals surface area (Å²) in [4.78, 5) is 41.5. The zero-order chi connectivity index (χ0) is 23.3. The molecule has 0 unspecified atom stereocenters. The van der Waals surface area contributed by atoms with Gasteiger partial charge < -0.3 is 19.3 Å². The van der Waals surface area contributed by atoms with Crippen molar-refractivity contribution >= 4 is 46.5 Å². The Morgan fingerprint density at radius 2 is 1.94 bits per heavy atom. The fraction of sp³-hybridized carbons (Fsp3) is 0.182. The number of rotatable bonds is 7. The second kappa shape index (κ2) is 10.0. The molecule has 2 aromatic rings. The van der Waals surface area contributed by atoms with Crippen molar-refractivity contribution in [1.29, 1.82) is 0 Å². The van der Waals surface area contributed by atoms with Crippen LogP contribution < -0.4 is 9.47 Å². The van der Waals surface area contributed by atoms with Gasteiger partial charge in [0.2, 0.25) is 0 Å². The van der Waals surface area contributed by atoms with Crippen LogP contribution in [0, 0.1) is 0 Å². The van der Waals surface area contributed by atoms with Gasteiger partial charge in [0.05, 0.1) is 30.4 Å². The van der Waals surface area contributed by atoms with Crippen LogP contribution in [0.4, 0.5) is 5.69 Å². The van der Waals surface area contributed by atoms with E-state index in [2.05, 4.69) is 4.99 Å². The van der Waals surface area contributed by atoms with Crippen LogP contribution in [0.1, 0.15) is 15.9 Å². The highest BCUT2D eigenvalue weighted by Crippen LogP contribution is 2.35. The molecule has 1 saturated heterocycles. The third-order valence-corrected chi connectivity index (χ3v) is 5.39. The lowest BCUT2D eigenvalue weighted by atomic mass is 10.2. The van der Waals surface area contributed by atoms with Gasteiger partial charge >= 0.3 is 11.9 Å². The molecule has 166 valence electrons. The van der Waals surface area contributed by atoms with Gasteiger partial charge in [0, 0.05) is 7.05 Å². The zero-order valence-corrected chi connectivity index (χ0v) is 18.3. The summed E-state index contributed by atoms with van der Waals surface area (Å²) in [6.07, 6.45) is 1.68. The molecular weight excluding hydrogens is 436 g/mol. The lowest BCUT2D eigenvalue weighted by Crippen LogP contribution is -2.23. The monoisotopic (exact) mass is 456 g/mol. The standard InChI is InChI=1S/C22H20N2O7S/c1-24-20(27)18(10-13-7-8-16(17(9-13)29-2)31-12-19(25)26)32-22(24)23-15-6-4-5-14(11-15)21(28)30-3/h4-11H,12H2,1-3H3,(H,25,26). The smallest absolute Gasteiger partial charge is 0.341 e. The number of ether oxygens (including phenoxy) is 3. The number of esters is 1. The second-order valence-electron chi connectivity index (χ2n) is 6.50. The number of aliphatic imine (C=N–C) groups is 1. The molecule has 1 heterocycles. The zero-order valence-electron chi connectivity index (χ0n) is 17.5. The third kappa shape index (κ3) is 5.27. The van der Waals surface area contributed by atoms with Crippen LogP contribution in [-0.4, -0.2) is 60.9 Å². The Bertz CT molecular complexity index is 1130. The number of likely N-dealkylation sites (N-methyl/N-ethyl adjacent to an activating group) is 1. The number of carboxylic acids is 1. The van der Waals surface area contributed by atoms with Gasteiger partial charge in [0.1, 0.15) is 0 Å². The van der Waals surface area contributed by atoms with Gasteiger partial charge in [-0.1, -0.05) is 12.1 Å². The van der Waals surface area contributed by atoms with E-state index in [0.717, 1.165) is 0 Å².